The molecule has 0 fully saturated rings. The summed E-state index contributed by atoms with van der Waals surface area (Å²) in [6, 6.07) is 17.6. The fourth-order valence-electron chi connectivity index (χ4n) is 2.61. The van der Waals surface area contributed by atoms with Crippen molar-refractivity contribution in [2.24, 2.45) is 0 Å². The molecule has 7 heteroatoms. The van der Waals surface area contributed by atoms with Crippen molar-refractivity contribution in [1.29, 1.82) is 0 Å². The molecule has 0 atom stereocenters. The number of rotatable bonds is 5. The highest BCUT2D eigenvalue weighted by atomic mass is 32.1. The average Bonchev–Trinajstić information content (AvgIpc) is 3.30. The predicted molar refractivity (Wildman–Crippen MR) is 103 cm³/mol. The molecule has 0 saturated heterocycles. The molecule has 0 saturated carbocycles. The minimum Gasteiger partial charge on any atom is -0.494 e. The largest absolute Gasteiger partial charge is 0.494 e. The summed E-state index contributed by atoms with van der Waals surface area (Å²) in [5, 5.41) is 11.2. The van der Waals surface area contributed by atoms with Crippen LogP contribution in [0.25, 0.3) is 27.6 Å². The Kier molecular flexibility index (Phi) is 4.37. The molecule has 4 aromatic rings. The maximum Gasteiger partial charge on any atom is 0.165 e. The Morgan fingerprint density at radius 1 is 1.08 bits per heavy atom. The van der Waals surface area contributed by atoms with Crippen molar-refractivity contribution in [3.63, 3.8) is 0 Å². The van der Waals surface area contributed by atoms with Crippen LogP contribution in [0.15, 0.2) is 60.0 Å². The van der Waals surface area contributed by atoms with Gasteiger partial charge in [0, 0.05) is 10.9 Å². The molecule has 26 heavy (non-hydrogen) atoms. The quantitative estimate of drug-likeness (QED) is 0.579. The topological polar surface area (TPSA) is 78.8 Å². The highest BCUT2D eigenvalue weighted by Gasteiger charge is 2.17. The van der Waals surface area contributed by atoms with Crippen LogP contribution in [0.1, 0.15) is 6.92 Å². The van der Waals surface area contributed by atoms with Gasteiger partial charge in [0.2, 0.25) is 0 Å². The van der Waals surface area contributed by atoms with Gasteiger partial charge in [0.1, 0.15) is 10.8 Å². The molecular formula is C19H17N5OS. The molecule has 2 heterocycles. The molecule has 0 bridgehead atoms. The number of thiazole rings is 1. The zero-order valence-corrected chi connectivity index (χ0v) is 15.0. The number of nitrogens with two attached hydrogens (primary N) is 1. The summed E-state index contributed by atoms with van der Waals surface area (Å²) in [6.07, 6.45) is 0. The SMILES string of the molecule is CCOc1ccc(-n2nnc(-c3nc(-c4ccccc4)cs3)c2N)cc1. The normalized spacial score (nSPS) is 10.8. The Morgan fingerprint density at radius 3 is 2.58 bits per heavy atom. The third kappa shape index (κ3) is 3.04. The molecule has 2 aromatic heterocycles. The molecule has 0 aliphatic carbocycles. The molecular weight excluding hydrogens is 346 g/mol. The minimum absolute atomic E-state index is 0.461. The Labute approximate surface area is 154 Å². The number of nitrogens with zero attached hydrogens (tertiary/aromatic N) is 4. The van der Waals surface area contributed by atoms with E-state index in [2.05, 4.69) is 15.3 Å². The van der Waals surface area contributed by atoms with Crippen molar-refractivity contribution >= 4 is 17.2 Å². The smallest absolute Gasteiger partial charge is 0.165 e. The number of anilines is 1. The van der Waals surface area contributed by atoms with Gasteiger partial charge in [0.15, 0.2) is 11.5 Å². The molecule has 0 radical (unpaired) electrons. The van der Waals surface area contributed by atoms with E-state index in [1.54, 1.807) is 4.68 Å². The summed E-state index contributed by atoms with van der Waals surface area (Å²) < 4.78 is 7.07. The van der Waals surface area contributed by atoms with Crippen molar-refractivity contribution in [1.82, 2.24) is 20.0 Å². The number of hydrogen-bond donors (Lipinski definition) is 1. The lowest BCUT2D eigenvalue weighted by Crippen LogP contribution is -2.02. The summed E-state index contributed by atoms with van der Waals surface area (Å²) in [7, 11) is 0. The predicted octanol–water partition coefficient (Wildman–Crippen LogP) is 4.04. The van der Waals surface area contributed by atoms with E-state index in [0.29, 0.717) is 18.1 Å². The molecule has 2 N–H and O–H groups in total. The van der Waals surface area contributed by atoms with E-state index in [-0.39, 0.29) is 0 Å². The van der Waals surface area contributed by atoms with Crippen LogP contribution in [0, 0.1) is 0 Å². The summed E-state index contributed by atoms with van der Waals surface area (Å²) in [5.41, 5.74) is 9.66. The first-order chi connectivity index (χ1) is 12.8. The number of ether oxygens (including phenoxy) is 1. The van der Waals surface area contributed by atoms with Crippen LogP contribution in [-0.4, -0.2) is 26.6 Å². The van der Waals surface area contributed by atoms with Gasteiger partial charge in [-0.2, -0.15) is 4.68 Å². The Morgan fingerprint density at radius 2 is 1.85 bits per heavy atom. The fourth-order valence-corrected chi connectivity index (χ4v) is 3.43. The molecule has 0 spiro atoms. The lowest BCUT2D eigenvalue weighted by molar-refractivity contribution is 0.340. The standard InChI is InChI=1S/C19H17N5OS/c1-2-25-15-10-8-14(9-11-15)24-18(20)17(22-23-24)19-21-16(12-26-19)13-6-4-3-5-7-13/h3-12H,2,20H2,1H3. The van der Waals surface area contributed by atoms with Crippen molar-refractivity contribution in [3.8, 4) is 33.4 Å². The summed E-state index contributed by atoms with van der Waals surface area (Å²) in [6.45, 7) is 2.58. The number of nitrogen functional groups attached to an aromatic ring is 1. The van der Waals surface area contributed by atoms with E-state index in [0.717, 1.165) is 27.7 Å². The maximum atomic E-state index is 6.29. The summed E-state index contributed by atoms with van der Waals surface area (Å²) in [5.74, 6) is 1.27. The molecule has 6 nitrogen and oxygen atoms in total. The third-order valence-electron chi connectivity index (χ3n) is 3.87. The Balaban J connectivity index is 1.64. The van der Waals surface area contributed by atoms with E-state index in [1.165, 1.54) is 11.3 Å². The van der Waals surface area contributed by atoms with E-state index in [4.69, 9.17) is 10.5 Å². The van der Waals surface area contributed by atoms with Gasteiger partial charge in [-0.25, -0.2) is 4.98 Å². The molecule has 0 amide bonds. The van der Waals surface area contributed by atoms with Crippen molar-refractivity contribution in [2.45, 2.75) is 6.92 Å². The van der Waals surface area contributed by atoms with Crippen molar-refractivity contribution in [2.75, 3.05) is 12.3 Å². The van der Waals surface area contributed by atoms with Crippen molar-refractivity contribution < 1.29 is 4.74 Å². The fraction of sp³-hybridized carbons (Fsp3) is 0.105. The first-order valence-corrected chi connectivity index (χ1v) is 9.10. The maximum absolute atomic E-state index is 6.29. The number of hydrogen-bond acceptors (Lipinski definition) is 6. The molecule has 130 valence electrons. The lowest BCUT2D eigenvalue weighted by atomic mass is 10.2. The van der Waals surface area contributed by atoms with Crippen LogP contribution in [-0.2, 0) is 0 Å². The van der Waals surface area contributed by atoms with Crippen LogP contribution < -0.4 is 10.5 Å². The van der Waals surface area contributed by atoms with E-state index in [1.807, 2.05) is 66.9 Å². The minimum atomic E-state index is 0.461. The lowest BCUT2D eigenvalue weighted by Gasteiger charge is -2.05. The first-order valence-electron chi connectivity index (χ1n) is 8.22. The highest BCUT2D eigenvalue weighted by molar-refractivity contribution is 7.13. The third-order valence-corrected chi connectivity index (χ3v) is 4.72. The van der Waals surface area contributed by atoms with Crippen LogP contribution >= 0.6 is 11.3 Å². The van der Waals surface area contributed by atoms with Gasteiger partial charge in [0.05, 0.1) is 18.0 Å². The van der Waals surface area contributed by atoms with E-state index < -0.39 is 0 Å². The van der Waals surface area contributed by atoms with Gasteiger partial charge in [-0.3, -0.25) is 0 Å². The first kappa shape index (κ1) is 16.3. The second kappa shape index (κ2) is 6.97. The van der Waals surface area contributed by atoms with Crippen LogP contribution in [0.3, 0.4) is 0 Å². The van der Waals surface area contributed by atoms with Crippen LogP contribution in [0.4, 0.5) is 5.82 Å². The average molecular weight is 363 g/mol. The molecule has 4 rings (SSSR count). The van der Waals surface area contributed by atoms with E-state index in [9.17, 15) is 0 Å². The van der Waals surface area contributed by atoms with Gasteiger partial charge >= 0.3 is 0 Å². The Hall–Kier alpha value is -3.19. The van der Waals surface area contributed by atoms with E-state index >= 15 is 0 Å². The number of benzene rings is 2. The molecule has 0 unspecified atom stereocenters. The number of aromatic nitrogens is 4. The van der Waals surface area contributed by atoms with Gasteiger partial charge in [0.25, 0.3) is 0 Å². The molecule has 0 aliphatic heterocycles. The zero-order valence-electron chi connectivity index (χ0n) is 14.2. The second-order valence-electron chi connectivity index (χ2n) is 5.57. The zero-order chi connectivity index (χ0) is 17.9. The Bertz CT molecular complexity index is 1010. The van der Waals surface area contributed by atoms with Crippen molar-refractivity contribution in [3.05, 3.63) is 60.0 Å². The van der Waals surface area contributed by atoms with Crippen LogP contribution in [0.5, 0.6) is 5.75 Å². The van der Waals surface area contributed by atoms with Gasteiger partial charge < -0.3 is 10.5 Å². The molecule has 0 aliphatic rings. The van der Waals surface area contributed by atoms with Gasteiger partial charge in [-0.05, 0) is 31.2 Å². The van der Waals surface area contributed by atoms with Crippen LogP contribution in [0.2, 0.25) is 0 Å². The monoisotopic (exact) mass is 363 g/mol. The highest BCUT2D eigenvalue weighted by Crippen LogP contribution is 2.31. The van der Waals surface area contributed by atoms with Gasteiger partial charge in [-0.1, -0.05) is 35.5 Å². The summed E-state index contributed by atoms with van der Waals surface area (Å²) >= 11 is 1.50. The summed E-state index contributed by atoms with van der Waals surface area (Å²) in [4.78, 5) is 4.66. The second-order valence-corrected chi connectivity index (χ2v) is 6.42. The molecule has 2 aromatic carbocycles. The van der Waals surface area contributed by atoms with Gasteiger partial charge in [-0.15, -0.1) is 16.4 Å².